The number of hydrogen-bond donors (Lipinski definition) is 2. The molecule has 0 saturated carbocycles. The quantitative estimate of drug-likeness (QED) is 0.124. The summed E-state index contributed by atoms with van der Waals surface area (Å²) in [6.07, 6.45) is 1.92. The fourth-order valence-corrected chi connectivity index (χ4v) is 7.62. The fraction of sp³-hybridized carbons (Fsp3) is 0.286. The van der Waals surface area contributed by atoms with Crippen LogP contribution < -0.4 is 10.6 Å². The van der Waals surface area contributed by atoms with Gasteiger partial charge in [0, 0.05) is 41.5 Å². The van der Waals surface area contributed by atoms with Gasteiger partial charge in [-0.3, -0.25) is 14.5 Å². The van der Waals surface area contributed by atoms with E-state index in [2.05, 4.69) is 27.7 Å². The number of nitrogens with zero attached hydrogens (tertiary/aromatic N) is 1. The summed E-state index contributed by atoms with van der Waals surface area (Å²) in [5.41, 5.74) is 4.20. The molecule has 0 saturated heterocycles. The molecule has 0 spiro atoms. The first kappa shape index (κ1) is 31.5. The Labute approximate surface area is 267 Å². The van der Waals surface area contributed by atoms with Crippen molar-refractivity contribution in [2.24, 2.45) is 0 Å². The van der Waals surface area contributed by atoms with E-state index in [1.807, 2.05) is 79.7 Å². The molecular formula is C35H37N3O4S2. The van der Waals surface area contributed by atoms with E-state index in [0.717, 1.165) is 40.4 Å². The molecule has 228 valence electrons. The number of fused-ring (bicyclic) bond motifs is 1. The Morgan fingerprint density at radius 1 is 0.955 bits per heavy atom. The number of ether oxygens (including phenoxy) is 1. The van der Waals surface area contributed by atoms with Gasteiger partial charge in [-0.2, -0.15) is 0 Å². The van der Waals surface area contributed by atoms with Gasteiger partial charge in [0.1, 0.15) is 10.3 Å². The highest BCUT2D eigenvalue weighted by atomic mass is 32.2. The number of esters is 1. The molecule has 0 bridgehead atoms. The summed E-state index contributed by atoms with van der Waals surface area (Å²) in [6.45, 7) is 6.34. The number of carbonyl (C=O) groups is 3. The molecule has 1 aromatic heterocycles. The third-order valence-electron chi connectivity index (χ3n) is 7.29. The Balaban J connectivity index is 1.40. The summed E-state index contributed by atoms with van der Waals surface area (Å²) >= 11 is 2.86. The Morgan fingerprint density at radius 2 is 1.70 bits per heavy atom. The molecule has 1 unspecified atom stereocenters. The van der Waals surface area contributed by atoms with Crippen molar-refractivity contribution in [2.45, 2.75) is 56.3 Å². The number of thioether (sulfide) groups is 1. The van der Waals surface area contributed by atoms with Crippen molar-refractivity contribution >= 4 is 51.6 Å². The number of carbonyl (C=O) groups excluding carboxylic acids is 3. The fourth-order valence-electron chi connectivity index (χ4n) is 5.25. The highest BCUT2D eigenvalue weighted by Crippen LogP contribution is 2.41. The Kier molecular flexibility index (Phi) is 10.9. The van der Waals surface area contributed by atoms with Crippen molar-refractivity contribution in [2.75, 3.05) is 23.8 Å². The predicted octanol–water partition coefficient (Wildman–Crippen LogP) is 7.69. The van der Waals surface area contributed by atoms with Crippen LogP contribution in [0.3, 0.4) is 0 Å². The van der Waals surface area contributed by atoms with E-state index in [1.165, 1.54) is 28.7 Å². The zero-order valence-electron chi connectivity index (χ0n) is 25.0. The smallest absolute Gasteiger partial charge is 0.341 e. The first-order chi connectivity index (χ1) is 21.4. The van der Waals surface area contributed by atoms with Crippen LogP contribution in [-0.2, 0) is 33.8 Å². The molecule has 44 heavy (non-hydrogen) atoms. The standard InChI is InChI=1S/C35H37N3O4S2/c1-3-12-30(39)36-26-17-11-18-27(21-26)43-32(25-15-9-6-10-16-25)33(40)37-34-31(35(41)42-4-2)28-19-20-38(23-29(28)44-34)22-24-13-7-5-8-14-24/h5-11,13-18,21,32H,3-4,12,19-20,22-23H2,1-2H3,(H,36,39)(H,37,40). The van der Waals surface area contributed by atoms with Crippen molar-refractivity contribution < 1.29 is 19.1 Å². The maximum Gasteiger partial charge on any atom is 0.341 e. The number of nitrogens with one attached hydrogen (secondary N) is 2. The highest BCUT2D eigenvalue weighted by molar-refractivity contribution is 8.00. The normalized spacial score (nSPS) is 13.5. The van der Waals surface area contributed by atoms with Crippen LogP contribution in [0, 0.1) is 0 Å². The topological polar surface area (TPSA) is 87.7 Å². The number of anilines is 2. The Morgan fingerprint density at radius 3 is 2.43 bits per heavy atom. The molecule has 2 amide bonds. The van der Waals surface area contributed by atoms with Gasteiger partial charge in [-0.05, 0) is 54.7 Å². The lowest BCUT2D eigenvalue weighted by Gasteiger charge is -2.27. The van der Waals surface area contributed by atoms with Crippen LogP contribution in [0.4, 0.5) is 10.7 Å². The minimum atomic E-state index is -0.596. The Bertz CT molecular complexity index is 1590. The average Bonchev–Trinajstić information content (AvgIpc) is 3.38. The van der Waals surface area contributed by atoms with E-state index >= 15 is 0 Å². The monoisotopic (exact) mass is 627 g/mol. The Hall–Kier alpha value is -3.92. The maximum atomic E-state index is 14.1. The number of rotatable bonds is 12. The van der Waals surface area contributed by atoms with Gasteiger partial charge in [-0.25, -0.2) is 4.79 Å². The summed E-state index contributed by atoms with van der Waals surface area (Å²) in [5, 5.41) is 5.99. The van der Waals surface area contributed by atoms with Gasteiger partial charge < -0.3 is 15.4 Å². The molecule has 0 aliphatic carbocycles. The zero-order valence-corrected chi connectivity index (χ0v) is 26.6. The van der Waals surface area contributed by atoms with E-state index in [-0.39, 0.29) is 18.4 Å². The summed E-state index contributed by atoms with van der Waals surface area (Å²) in [6, 6.07) is 27.5. The summed E-state index contributed by atoms with van der Waals surface area (Å²) in [5.74, 6) is -0.675. The minimum absolute atomic E-state index is 0.0394. The van der Waals surface area contributed by atoms with E-state index < -0.39 is 11.2 Å². The maximum absolute atomic E-state index is 14.1. The van der Waals surface area contributed by atoms with Crippen molar-refractivity contribution in [3.63, 3.8) is 0 Å². The summed E-state index contributed by atoms with van der Waals surface area (Å²) in [4.78, 5) is 43.8. The van der Waals surface area contributed by atoms with Gasteiger partial charge in [0.15, 0.2) is 0 Å². The van der Waals surface area contributed by atoms with Gasteiger partial charge in [0.2, 0.25) is 11.8 Å². The molecule has 4 aromatic rings. The molecule has 9 heteroatoms. The van der Waals surface area contributed by atoms with Crippen LogP contribution in [0.15, 0.2) is 89.8 Å². The van der Waals surface area contributed by atoms with Crippen molar-refractivity contribution in [3.05, 3.63) is 112 Å². The van der Waals surface area contributed by atoms with Gasteiger partial charge >= 0.3 is 5.97 Å². The highest BCUT2D eigenvalue weighted by Gasteiger charge is 2.31. The molecular weight excluding hydrogens is 591 g/mol. The third kappa shape index (κ3) is 7.96. The van der Waals surface area contributed by atoms with E-state index in [0.29, 0.717) is 35.6 Å². The largest absolute Gasteiger partial charge is 0.462 e. The number of thiophene rings is 1. The molecule has 3 aromatic carbocycles. The lowest BCUT2D eigenvalue weighted by Crippen LogP contribution is -2.30. The molecule has 2 heterocycles. The van der Waals surface area contributed by atoms with Gasteiger partial charge in [0.05, 0.1) is 12.2 Å². The van der Waals surface area contributed by atoms with Crippen molar-refractivity contribution in [3.8, 4) is 0 Å². The second kappa shape index (κ2) is 15.2. The van der Waals surface area contributed by atoms with E-state index in [4.69, 9.17) is 4.74 Å². The first-order valence-corrected chi connectivity index (χ1v) is 16.6. The van der Waals surface area contributed by atoms with Crippen LogP contribution >= 0.6 is 23.1 Å². The second-order valence-electron chi connectivity index (χ2n) is 10.6. The number of amides is 2. The van der Waals surface area contributed by atoms with Crippen LogP contribution in [0.1, 0.15) is 63.9 Å². The molecule has 7 nitrogen and oxygen atoms in total. The van der Waals surface area contributed by atoms with E-state index in [9.17, 15) is 14.4 Å². The third-order valence-corrected chi connectivity index (χ3v) is 9.67. The molecule has 2 N–H and O–H groups in total. The summed E-state index contributed by atoms with van der Waals surface area (Å²) < 4.78 is 5.46. The minimum Gasteiger partial charge on any atom is -0.462 e. The number of benzene rings is 3. The lowest BCUT2D eigenvalue weighted by molar-refractivity contribution is -0.116. The van der Waals surface area contributed by atoms with Crippen LogP contribution in [0.2, 0.25) is 0 Å². The predicted molar refractivity (Wildman–Crippen MR) is 178 cm³/mol. The molecule has 5 rings (SSSR count). The van der Waals surface area contributed by atoms with Gasteiger partial charge in [0.25, 0.3) is 0 Å². The number of hydrogen-bond acceptors (Lipinski definition) is 7. The first-order valence-electron chi connectivity index (χ1n) is 15.0. The van der Waals surface area contributed by atoms with E-state index in [1.54, 1.807) is 6.92 Å². The molecule has 0 radical (unpaired) electrons. The van der Waals surface area contributed by atoms with Crippen LogP contribution in [0.5, 0.6) is 0 Å². The van der Waals surface area contributed by atoms with Crippen molar-refractivity contribution in [1.82, 2.24) is 4.90 Å². The zero-order chi connectivity index (χ0) is 30.9. The molecule has 1 aliphatic heterocycles. The average molecular weight is 628 g/mol. The van der Waals surface area contributed by atoms with Crippen molar-refractivity contribution in [1.29, 1.82) is 0 Å². The second-order valence-corrected chi connectivity index (χ2v) is 12.9. The van der Waals surface area contributed by atoms with Gasteiger partial charge in [-0.15, -0.1) is 23.1 Å². The van der Waals surface area contributed by atoms with Crippen LogP contribution in [-0.4, -0.2) is 35.8 Å². The molecule has 1 aliphatic rings. The lowest BCUT2D eigenvalue weighted by atomic mass is 10.0. The molecule has 1 atom stereocenters. The SMILES string of the molecule is CCCC(=O)Nc1cccc(SC(C(=O)Nc2sc3c(c2C(=O)OCC)CCN(Cc2ccccc2)C3)c2ccccc2)c1. The molecule has 0 fully saturated rings. The van der Waals surface area contributed by atoms with Crippen LogP contribution in [0.25, 0.3) is 0 Å². The van der Waals surface area contributed by atoms with Gasteiger partial charge in [-0.1, -0.05) is 73.7 Å². The summed E-state index contributed by atoms with van der Waals surface area (Å²) in [7, 11) is 0.